The molecule has 0 aliphatic heterocycles. The molecule has 2 aromatic rings. The second kappa shape index (κ2) is 7.91. The Labute approximate surface area is 141 Å². The second-order valence-corrected chi connectivity index (χ2v) is 5.37. The van der Waals surface area contributed by atoms with Crippen molar-refractivity contribution in [3.63, 3.8) is 0 Å². The number of carbonyl (C=O) groups is 1. The summed E-state index contributed by atoms with van der Waals surface area (Å²) in [6, 6.07) is 5.76. The van der Waals surface area contributed by atoms with Crippen LogP contribution in [0.3, 0.4) is 0 Å². The number of hydrogen-bond acceptors (Lipinski definition) is 4. The molecule has 9 heteroatoms. The lowest BCUT2D eigenvalue weighted by atomic mass is 10.2. The molecule has 0 aliphatic rings. The molecule has 1 heterocycles. The van der Waals surface area contributed by atoms with Gasteiger partial charge in [0.2, 0.25) is 11.9 Å². The molecule has 1 amide bonds. The number of carbonyl (C=O) groups excluding carboxylic acids is 1. The van der Waals surface area contributed by atoms with E-state index < -0.39 is 24.3 Å². The molecule has 25 heavy (non-hydrogen) atoms. The zero-order valence-electron chi connectivity index (χ0n) is 13.3. The molecular weight excluding hydrogens is 340 g/mol. The van der Waals surface area contributed by atoms with Gasteiger partial charge in [0.15, 0.2) is 0 Å². The zero-order valence-corrected chi connectivity index (χ0v) is 13.3. The molecular formula is C16H16F4N4O. The number of rotatable bonds is 6. The van der Waals surface area contributed by atoms with E-state index in [4.69, 9.17) is 0 Å². The Kier molecular flexibility index (Phi) is 5.89. The Morgan fingerprint density at radius 3 is 2.68 bits per heavy atom. The van der Waals surface area contributed by atoms with Crippen molar-refractivity contribution in [3.8, 4) is 0 Å². The number of alkyl halides is 3. The molecule has 0 atom stereocenters. The average molecular weight is 356 g/mol. The van der Waals surface area contributed by atoms with Gasteiger partial charge in [-0.2, -0.15) is 13.2 Å². The van der Waals surface area contributed by atoms with E-state index in [-0.39, 0.29) is 30.3 Å². The van der Waals surface area contributed by atoms with Crippen molar-refractivity contribution in [3.05, 3.63) is 47.5 Å². The number of aryl methyl sites for hydroxylation is 2. The van der Waals surface area contributed by atoms with Crippen molar-refractivity contribution in [2.24, 2.45) is 0 Å². The van der Waals surface area contributed by atoms with E-state index in [0.717, 1.165) is 5.56 Å². The third-order valence-corrected chi connectivity index (χ3v) is 3.18. The van der Waals surface area contributed by atoms with Crippen molar-refractivity contribution in [1.82, 2.24) is 9.97 Å². The van der Waals surface area contributed by atoms with Crippen LogP contribution in [0.15, 0.2) is 30.5 Å². The van der Waals surface area contributed by atoms with Crippen molar-refractivity contribution < 1.29 is 22.4 Å². The average Bonchev–Trinajstić information content (AvgIpc) is 2.53. The van der Waals surface area contributed by atoms with Crippen molar-refractivity contribution in [2.75, 3.05) is 17.2 Å². The Hall–Kier alpha value is -2.71. The molecule has 0 spiro atoms. The number of halogens is 4. The van der Waals surface area contributed by atoms with Crippen LogP contribution in [0.25, 0.3) is 0 Å². The maximum atomic E-state index is 13.7. The van der Waals surface area contributed by atoms with Gasteiger partial charge in [-0.05, 0) is 37.1 Å². The van der Waals surface area contributed by atoms with E-state index in [9.17, 15) is 22.4 Å². The van der Waals surface area contributed by atoms with E-state index in [2.05, 4.69) is 20.6 Å². The van der Waals surface area contributed by atoms with E-state index in [1.54, 1.807) is 13.0 Å². The predicted molar refractivity (Wildman–Crippen MR) is 84.7 cm³/mol. The topological polar surface area (TPSA) is 66.9 Å². The van der Waals surface area contributed by atoms with Gasteiger partial charge in [0.05, 0.1) is 12.2 Å². The van der Waals surface area contributed by atoms with Gasteiger partial charge in [-0.15, -0.1) is 0 Å². The second-order valence-electron chi connectivity index (χ2n) is 5.37. The molecule has 0 aliphatic carbocycles. The summed E-state index contributed by atoms with van der Waals surface area (Å²) < 4.78 is 50.3. The van der Waals surface area contributed by atoms with Crippen LogP contribution in [0.1, 0.15) is 17.7 Å². The van der Waals surface area contributed by atoms with Crippen LogP contribution in [0, 0.1) is 12.7 Å². The molecule has 2 N–H and O–H groups in total. The fourth-order valence-electron chi connectivity index (χ4n) is 1.97. The molecule has 0 saturated carbocycles. The number of benzene rings is 1. The largest absolute Gasteiger partial charge is 0.389 e. The molecule has 134 valence electrons. The highest BCUT2D eigenvalue weighted by atomic mass is 19.4. The minimum Gasteiger partial charge on any atom is -0.345 e. The van der Waals surface area contributed by atoms with E-state index >= 15 is 0 Å². The monoisotopic (exact) mass is 356 g/mol. The van der Waals surface area contributed by atoms with Crippen LogP contribution in [-0.2, 0) is 11.2 Å². The first-order valence-electron chi connectivity index (χ1n) is 7.41. The fraction of sp³-hybridized carbons (Fsp3) is 0.312. The number of nitrogens with one attached hydrogen (secondary N) is 2. The van der Waals surface area contributed by atoms with Crippen LogP contribution >= 0.6 is 0 Å². The quantitative estimate of drug-likeness (QED) is 0.778. The Bertz CT molecular complexity index is 749. The highest BCUT2D eigenvalue weighted by Gasteiger charge is 2.26. The Morgan fingerprint density at radius 2 is 2.00 bits per heavy atom. The Balaban J connectivity index is 1.89. The third kappa shape index (κ3) is 6.36. The number of amides is 1. The van der Waals surface area contributed by atoms with Crippen LogP contribution in [0.5, 0.6) is 0 Å². The molecule has 1 aromatic carbocycles. The van der Waals surface area contributed by atoms with Crippen LogP contribution in [0.4, 0.5) is 29.2 Å². The highest BCUT2D eigenvalue weighted by molar-refractivity contribution is 5.93. The number of aromatic nitrogens is 2. The van der Waals surface area contributed by atoms with Crippen molar-refractivity contribution >= 4 is 17.5 Å². The first kappa shape index (κ1) is 18.6. The summed E-state index contributed by atoms with van der Waals surface area (Å²) in [7, 11) is 0. The smallest absolute Gasteiger partial charge is 0.345 e. The van der Waals surface area contributed by atoms with Crippen LogP contribution < -0.4 is 10.6 Å². The van der Waals surface area contributed by atoms with Gasteiger partial charge in [-0.3, -0.25) is 4.79 Å². The maximum absolute atomic E-state index is 13.7. The maximum Gasteiger partial charge on any atom is 0.389 e. The van der Waals surface area contributed by atoms with Crippen LogP contribution in [-0.4, -0.2) is 28.6 Å². The van der Waals surface area contributed by atoms with Gasteiger partial charge in [0.25, 0.3) is 0 Å². The summed E-state index contributed by atoms with van der Waals surface area (Å²) in [5.41, 5.74) is 0.967. The molecule has 0 unspecified atom stereocenters. The van der Waals surface area contributed by atoms with E-state index in [0.29, 0.717) is 0 Å². The summed E-state index contributed by atoms with van der Waals surface area (Å²) in [6.07, 6.45) is -4.23. The summed E-state index contributed by atoms with van der Waals surface area (Å²) in [5, 5.41) is 4.98. The first-order chi connectivity index (χ1) is 11.7. The lowest BCUT2D eigenvalue weighted by Gasteiger charge is -2.09. The summed E-state index contributed by atoms with van der Waals surface area (Å²) in [5.74, 6) is -1.06. The minimum absolute atomic E-state index is 0.0270. The molecule has 0 radical (unpaired) electrons. The SMILES string of the molecule is Cc1ccc(NC(=O)CNc2nccc(CCC(F)(F)F)n2)c(F)c1. The van der Waals surface area contributed by atoms with Gasteiger partial charge in [0.1, 0.15) is 5.82 Å². The molecule has 0 bridgehead atoms. The van der Waals surface area contributed by atoms with Crippen molar-refractivity contribution in [2.45, 2.75) is 25.9 Å². The van der Waals surface area contributed by atoms with Gasteiger partial charge >= 0.3 is 6.18 Å². The van der Waals surface area contributed by atoms with Crippen molar-refractivity contribution in [1.29, 1.82) is 0 Å². The molecule has 1 aromatic heterocycles. The summed E-state index contributed by atoms with van der Waals surface area (Å²) in [6.45, 7) is 1.47. The molecule has 5 nitrogen and oxygen atoms in total. The molecule has 0 saturated heterocycles. The Morgan fingerprint density at radius 1 is 1.24 bits per heavy atom. The fourth-order valence-corrected chi connectivity index (χ4v) is 1.97. The summed E-state index contributed by atoms with van der Waals surface area (Å²) in [4.78, 5) is 19.6. The van der Waals surface area contributed by atoms with Gasteiger partial charge in [-0.1, -0.05) is 6.07 Å². The summed E-state index contributed by atoms with van der Waals surface area (Å²) >= 11 is 0. The van der Waals surface area contributed by atoms with Gasteiger partial charge < -0.3 is 10.6 Å². The van der Waals surface area contributed by atoms with Gasteiger partial charge in [0, 0.05) is 18.3 Å². The van der Waals surface area contributed by atoms with Gasteiger partial charge in [-0.25, -0.2) is 14.4 Å². The standard InChI is InChI=1S/C16H16F4N4O/c1-10-2-3-13(12(17)8-10)24-14(25)9-22-15-21-7-5-11(23-15)4-6-16(18,19)20/h2-3,5,7-8H,4,6,9H2,1H3,(H,24,25)(H,21,22,23). The minimum atomic E-state index is -4.27. The first-order valence-corrected chi connectivity index (χ1v) is 7.41. The number of hydrogen-bond donors (Lipinski definition) is 2. The number of anilines is 2. The van der Waals surface area contributed by atoms with Crippen LogP contribution in [0.2, 0.25) is 0 Å². The third-order valence-electron chi connectivity index (χ3n) is 3.18. The molecule has 2 rings (SSSR count). The zero-order chi connectivity index (χ0) is 18.4. The number of nitrogens with zero attached hydrogens (tertiary/aromatic N) is 2. The van der Waals surface area contributed by atoms with E-state index in [1.165, 1.54) is 24.4 Å². The highest BCUT2D eigenvalue weighted by Crippen LogP contribution is 2.21. The lowest BCUT2D eigenvalue weighted by Crippen LogP contribution is -2.23. The predicted octanol–water partition coefficient (Wildman–Crippen LogP) is 3.47. The van der Waals surface area contributed by atoms with E-state index in [1.807, 2.05) is 0 Å². The molecule has 0 fully saturated rings. The lowest BCUT2D eigenvalue weighted by molar-refractivity contribution is -0.134. The normalized spacial score (nSPS) is 11.2.